The Balaban J connectivity index is 1.33. The van der Waals surface area contributed by atoms with Gasteiger partial charge in [-0.05, 0) is 82.8 Å². The number of fused-ring (bicyclic) bond motifs is 2. The molecule has 3 aliphatic rings. The molecule has 6 aromatic rings. The molecule has 0 spiro atoms. The van der Waals surface area contributed by atoms with E-state index in [0.717, 1.165) is 49.6 Å². The topological polar surface area (TPSA) is 96.7 Å². The first-order valence-electron chi connectivity index (χ1n) is 16.9. The fourth-order valence-corrected chi connectivity index (χ4v) is 9.21. The standard InChI is InChI=1S/C40H32F2N8S2/c1-24(30-6-2-4-18-44-30)33-29(16-17-31(34(33)43)46-32-7-3-5-19-45-32)36-40(26-10-14-28(42)15-11-26,48-39-49(36)20-23-52-39)37-35(25-8-12-27(41)13-9-25)47-38-50(37)21-22-51-38/h2-24,31,34,36H,43H2,1H3,(H,45,46). The second-order valence-corrected chi connectivity index (χ2v) is 14.7. The van der Waals surface area contributed by atoms with Gasteiger partial charge in [-0.2, -0.15) is 0 Å². The third-order valence-electron chi connectivity index (χ3n) is 10.0. The average Bonchev–Trinajstić information content (AvgIpc) is 3.95. The van der Waals surface area contributed by atoms with Gasteiger partial charge in [0.25, 0.3) is 0 Å². The van der Waals surface area contributed by atoms with E-state index in [-0.39, 0.29) is 23.6 Å². The van der Waals surface area contributed by atoms with Crippen molar-refractivity contribution in [2.24, 2.45) is 10.7 Å². The smallest absolute Gasteiger partial charge is 0.194 e. The van der Waals surface area contributed by atoms with E-state index >= 15 is 0 Å². The number of nitrogens with two attached hydrogens (primary N) is 1. The molecule has 2 aliphatic heterocycles. The number of benzene rings is 2. The minimum atomic E-state index is -1.17. The molecule has 8 nitrogen and oxygen atoms in total. The van der Waals surface area contributed by atoms with Gasteiger partial charge in [0.2, 0.25) is 0 Å². The molecular formula is C40H32F2N8S2. The number of hydrogen-bond acceptors (Lipinski definition) is 9. The van der Waals surface area contributed by atoms with Crippen LogP contribution in [0.3, 0.4) is 0 Å². The Bertz CT molecular complexity index is 2390. The highest BCUT2D eigenvalue weighted by molar-refractivity contribution is 8.16. The monoisotopic (exact) mass is 726 g/mol. The van der Waals surface area contributed by atoms with Crippen LogP contribution >= 0.6 is 23.1 Å². The van der Waals surface area contributed by atoms with Crippen molar-refractivity contribution in [3.63, 3.8) is 0 Å². The Kier molecular flexibility index (Phi) is 8.09. The van der Waals surface area contributed by atoms with Crippen LogP contribution in [0, 0.1) is 11.6 Å². The molecule has 6 heterocycles. The Labute approximate surface area is 307 Å². The van der Waals surface area contributed by atoms with Crippen LogP contribution in [0.25, 0.3) is 16.2 Å². The second-order valence-electron chi connectivity index (χ2n) is 12.9. The van der Waals surface area contributed by atoms with Crippen LogP contribution in [-0.2, 0) is 5.54 Å². The van der Waals surface area contributed by atoms with Crippen molar-refractivity contribution in [2.75, 3.05) is 5.32 Å². The van der Waals surface area contributed by atoms with Crippen molar-refractivity contribution in [1.29, 1.82) is 0 Å². The van der Waals surface area contributed by atoms with Gasteiger partial charge >= 0.3 is 0 Å². The van der Waals surface area contributed by atoms with E-state index < -0.39 is 17.6 Å². The summed E-state index contributed by atoms with van der Waals surface area (Å²) in [6, 6.07) is 23.3. The van der Waals surface area contributed by atoms with Crippen LogP contribution in [-0.4, -0.2) is 47.5 Å². The minimum Gasteiger partial charge on any atom is -0.362 e. The zero-order chi connectivity index (χ0) is 35.4. The number of thioether (sulfide) groups is 1. The number of imidazole rings is 1. The zero-order valence-corrected chi connectivity index (χ0v) is 29.5. The summed E-state index contributed by atoms with van der Waals surface area (Å²) in [5.41, 5.74) is 12.0. The third kappa shape index (κ3) is 5.28. The first-order valence-corrected chi connectivity index (χ1v) is 18.6. The Morgan fingerprint density at radius 1 is 0.923 bits per heavy atom. The molecule has 12 heteroatoms. The number of aromatic nitrogens is 4. The van der Waals surface area contributed by atoms with Crippen LogP contribution < -0.4 is 11.1 Å². The van der Waals surface area contributed by atoms with Gasteiger partial charge in [0.15, 0.2) is 15.7 Å². The van der Waals surface area contributed by atoms with Crippen LogP contribution in [0.2, 0.25) is 0 Å². The summed E-state index contributed by atoms with van der Waals surface area (Å²) in [5, 5.41) is 8.35. The van der Waals surface area contributed by atoms with Gasteiger partial charge in [0, 0.05) is 47.3 Å². The molecular weight excluding hydrogens is 695 g/mol. The lowest BCUT2D eigenvalue weighted by molar-refractivity contribution is 0.352. The average molecular weight is 727 g/mol. The molecule has 1 aliphatic carbocycles. The molecule has 258 valence electrons. The van der Waals surface area contributed by atoms with Gasteiger partial charge in [-0.25, -0.2) is 23.7 Å². The molecule has 4 aromatic heterocycles. The lowest BCUT2D eigenvalue weighted by atomic mass is 9.70. The lowest BCUT2D eigenvalue weighted by Gasteiger charge is -2.42. The van der Waals surface area contributed by atoms with Gasteiger partial charge in [-0.1, -0.05) is 55.1 Å². The van der Waals surface area contributed by atoms with Gasteiger partial charge in [0.05, 0.1) is 29.5 Å². The Morgan fingerprint density at radius 3 is 2.40 bits per heavy atom. The van der Waals surface area contributed by atoms with E-state index in [4.69, 9.17) is 20.7 Å². The molecule has 0 radical (unpaired) electrons. The van der Waals surface area contributed by atoms with E-state index in [9.17, 15) is 8.78 Å². The first-order chi connectivity index (χ1) is 25.4. The van der Waals surface area contributed by atoms with Gasteiger partial charge < -0.3 is 16.0 Å². The van der Waals surface area contributed by atoms with E-state index in [1.807, 2.05) is 65.5 Å². The van der Waals surface area contributed by atoms with E-state index in [2.05, 4.69) is 44.9 Å². The normalized spacial score (nSPS) is 23.0. The maximum Gasteiger partial charge on any atom is 0.194 e. The van der Waals surface area contributed by atoms with Gasteiger partial charge in [-0.3, -0.25) is 9.38 Å². The summed E-state index contributed by atoms with van der Waals surface area (Å²) in [6.07, 6.45) is 11.8. The van der Waals surface area contributed by atoms with Crippen molar-refractivity contribution in [2.45, 2.75) is 36.5 Å². The van der Waals surface area contributed by atoms with E-state index in [0.29, 0.717) is 5.69 Å². The largest absolute Gasteiger partial charge is 0.362 e. The van der Waals surface area contributed by atoms with Crippen LogP contribution in [0.5, 0.6) is 0 Å². The summed E-state index contributed by atoms with van der Waals surface area (Å²) < 4.78 is 31.2. The highest BCUT2D eigenvalue weighted by Crippen LogP contribution is 2.54. The number of nitrogens with zero attached hydrogens (tertiary/aromatic N) is 6. The maximum atomic E-state index is 14.8. The SMILES string of the molecule is CC(C1=C(C2N3C=CSC3=NC2(c2ccc(F)cc2)c2c(-c3ccc(F)cc3)nc3sccn23)C=CC(Nc2ccccn2)C1N)c1ccccn1. The van der Waals surface area contributed by atoms with Crippen LogP contribution in [0.15, 0.2) is 149 Å². The molecule has 2 aromatic carbocycles. The van der Waals surface area contributed by atoms with Crippen LogP contribution in [0.1, 0.15) is 29.8 Å². The second kappa shape index (κ2) is 13.0. The summed E-state index contributed by atoms with van der Waals surface area (Å²) in [4.78, 5) is 23.0. The minimum absolute atomic E-state index is 0.193. The number of aliphatic imine (C=N–C) groups is 1. The quantitative estimate of drug-likeness (QED) is 0.164. The summed E-state index contributed by atoms with van der Waals surface area (Å²) in [6.45, 7) is 2.14. The maximum absolute atomic E-state index is 14.8. The summed E-state index contributed by atoms with van der Waals surface area (Å²) in [7, 11) is 0. The molecule has 0 saturated carbocycles. The molecule has 0 bridgehead atoms. The number of thiazole rings is 1. The highest BCUT2D eigenvalue weighted by Gasteiger charge is 2.57. The van der Waals surface area contributed by atoms with Crippen molar-refractivity contribution >= 4 is 39.0 Å². The molecule has 3 N–H and O–H groups in total. The Morgan fingerprint density at radius 2 is 1.67 bits per heavy atom. The number of nitrogens with one attached hydrogen (secondary N) is 1. The van der Waals surface area contributed by atoms with Crippen molar-refractivity contribution in [3.05, 3.63) is 172 Å². The molecule has 9 rings (SSSR count). The number of halogens is 2. The highest BCUT2D eigenvalue weighted by atomic mass is 32.2. The number of amidine groups is 1. The van der Waals surface area contributed by atoms with E-state index in [1.165, 1.54) is 47.4 Å². The molecule has 0 fully saturated rings. The molecule has 5 atom stereocenters. The zero-order valence-electron chi connectivity index (χ0n) is 27.8. The third-order valence-corrected chi connectivity index (χ3v) is 11.5. The lowest BCUT2D eigenvalue weighted by Crippen LogP contribution is -2.50. The number of anilines is 1. The fourth-order valence-electron chi connectivity index (χ4n) is 7.70. The molecule has 0 amide bonds. The summed E-state index contributed by atoms with van der Waals surface area (Å²) >= 11 is 3.04. The molecule has 0 saturated heterocycles. The van der Waals surface area contributed by atoms with Crippen molar-refractivity contribution in [1.82, 2.24) is 24.3 Å². The first kappa shape index (κ1) is 32.5. The van der Waals surface area contributed by atoms with Crippen molar-refractivity contribution in [3.8, 4) is 11.3 Å². The van der Waals surface area contributed by atoms with Gasteiger partial charge in [-0.15, -0.1) is 11.3 Å². The van der Waals surface area contributed by atoms with Gasteiger partial charge in [0.1, 0.15) is 17.5 Å². The predicted molar refractivity (Wildman–Crippen MR) is 204 cm³/mol. The molecule has 52 heavy (non-hydrogen) atoms. The number of hydrogen-bond donors (Lipinski definition) is 2. The number of pyridine rings is 2. The molecule has 5 unspecified atom stereocenters. The van der Waals surface area contributed by atoms with Crippen LogP contribution in [0.4, 0.5) is 14.6 Å². The van der Waals surface area contributed by atoms with Crippen molar-refractivity contribution < 1.29 is 8.78 Å². The number of rotatable bonds is 8. The Hall–Kier alpha value is -5.43. The fraction of sp³-hybridized carbons (Fsp3) is 0.150. The summed E-state index contributed by atoms with van der Waals surface area (Å²) in [5.74, 6) is -0.166. The van der Waals surface area contributed by atoms with E-state index in [1.54, 1.807) is 24.5 Å². The predicted octanol–water partition coefficient (Wildman–Crippen LogP) is 8.11.